The van der Waals surface area contributed by atoms with Crippen LogP contribution in [0.1, 0.15) is 36.2 Å². The van der Waals surface area contributed by atoms with Gasteiger partial charge in [0.2, 0.25) is 5.89 Å². The van der Waals surface area contributed by atoms with Crippen molar-refractivity contribution in [2.45, 2.75) is 32.4 Å². The van der Waals surface area contributed by atoms with Crippen molar-refractivity contribution in [3.63, 3.8) is 0 Å². The predicted molar refractivity (Wildman–Crippen MR) is 85.6 cm³/mol. The molecule has 23 heavy (non-hydrogen) atoms. The van der Waals surface area contributed by atoms with Gasteiger partial charge in [0, 0.05) is 11.6 Å². The van der Waals surface area contributed by atoms with E-state index >= 15 is 0 Å². The van der Waals surface area contributed by atoms with Crippen LogP contribution in [0.2, 0.25) is 0 Å². The van der Waals surface area contributed by atoms with Crippen LogP contribution < -0.4 is 0 Å². The van der Waals surface area contributed by atoms with Crippen molar-refractivity contribution in [2.24, 2.45) is 0 Å². The van der Waals surface area contributed by atoms with Crippen LogP contribution in [0.3, 0.4) is 0 Å². The smallest absolute Gasteiger partial charge is 0.209 e. The van der Waals surface area contributed by atoms with Crippen molar-refractivity contribution in [2.75, 3.05) is 6.54 Å². The van der Waals surface area contributed by atoms with E-state index in [1.54, 1.807) is 6.20 Å². The summed E-state index contributed by atoms with van der Waals surface area (Å²) in [6.07, 6.45) is 4.03. The average molecular weight is 309 g/mol. The van der Waals surface area contributed by atoms with Gasteiger partial charge in [-0.25, -0.2) is 4.98 Å². The lowest BCUT2D eigenvalue weighted by Gasteiger charge is -2.20. The summed E-state index contributed by atoms with van der Waals surface area (Å²) in [5.41, 5.74) is 1.98. The zero-order valence-electron chi connectivity index (χ0n) is 13.1. The van der Waals surface area contributed by atoms with Gasteiger partial charge in [0.1, 0.15) is 0 Å². The molecular weight excluding hydrogens is 290 g/mol. The standard InChI is InChI=1S/C18H19N3O2/c1-13-10-16(23-20-13)15-8-5-9-21(15)12-18-19-11-17(22-18)14-6-3-2-4-7-14/h2-4,6-7,10-11,15H,5,8-9,12H2,1H3/t15-/m0/s1. The van der Waals surface area contributed by atoms with Gasteiger partial charge >= 0.3 is 0 Å². The van der Waals surface area contributed by atoms with Gasteiger partial charge in [-0.15, -0.1) is 0 Å². The SMILES string of the molecule is Cc1cc([C@@H]2CCCN2Cc2ncc(-c3ccccc3)o2)on1. The number of hydrogen-bond acceptors (Lipinski definition) is 5. The summed E-state index contributed by atoms with van der Waals surface area (Å²) in [4.78, 5) is 6.78. The van der Waals surface area contributed by atoms with E-state index in [2.05, 4.69) is 15.0 Å². The maximum absolute atomic E-state index is 5.92. The molecule has 1 saturated heterocycles. The first kappa shape index (κ1) is 14.2. The summed E-state index contributed by atoms with van der Waals surface area (Å²) in [5.74, 6) is 2.49. The van der Waals surface area contributed by atoms with E-state index in [-0.39, 0.29) is 6.04 Å². The Bertz CT molecular complexity index is 778. The van der Waals surface area contributed by atoms with Gasteiger partial charge in [0.05, 0.1) is 24.5 Å². The van der Waals surface area contributed by atoms with Gasteiger partial charge in [0.25, 0.3) is 0 Å². The molecule has 5 heteroatoms. The monoisotopic (exact) mass is 309 g/mol. The second-order valence-electron chi connectivity index (χ2n) is 5.98. The highest BCUT2D eigenvalue weighted by molar-refractivity contribution is 5.55. The Balaban J connectivity index is 1.50. The Morgan fingerprint density at radius 1 is 1.26 bits per heavy atom. The predicted octanol–water partition coefficient (Wildman–Crippen LogP) is 3.98. The fraction of sp³-hybridized carbons (Fsp3) is 0.333. The van der Waals surface area contributed by atoms with Gasteiger partial charge in [0.15, 0.2) is 11.5 Å². The molecule has 0 aliphatic carbocycles. The minimum atomic E-state index is 0.267. The summed E-state index contributed by atoms with van der Waals surface area (Å²) < 4.78 is 11.4. The highest BCUT2D eigenvalue weighted by Crippen LogP contribution is 2.33. The van der Waals surface area contributed by atoms with Crippen molar-refractivity contribution in [3.05, 3.63) is 59.9 Å². The molecule has 3 aromatic rings. The fourth-order valence-electron chi connectivity index (χ4n) is 3.17. The van der Waals surface area contributed by atoms with Crippen LogP contribution in [0.4, 0.5) is 0 Å². The van der Waals surface area contributed by atoms with E-state index in [1.165, 1.54) is 0 Å². The second-order valence-corrected chi connectivity index (χ2v) is 5.98. The summed E-state index contributed by atoms with van der Waals surface area (Å²) >= 11 is 0. The van der Waals surface area contributed by atoms with Crippen LogP contribution in [0.15, 0.2) is 51.5 Å². The van der Waals surface area contributed by atoms with E-state index in [0.29, 0.717) is 6.54 Å². The number of aromatic nitrogens is 2. The molecule has 4 rings (SSSR count). The number of benzene rings is 1. The third kappa shape index (κ3) is 2.92. The van der Waals surface area contributed by atoms with Crippen molar-refractivity contribution >= 4 is 0 Å². The number of aryl methyl sites for hydroxylation is 1. The quantitative estimate of drug-likeness (QED) is 0.729. The van der Waals surface area contributed by atoms with Gasteiger partial charge in [-0.1, -0.05) is 35.5 Å². The molecular formula is C18H19N3O2. The molecule has 1 atom stereocenters. The molecule has 0 unspecified atom stereocenters. The summed E-state index contributed by atoms with van der Waals surface area (Å²) in [6.45, 7) is 3.66. The van der Waals surface area contributed by atoms with Crippen molar-refractivity contribution < 1.29 is 8.94 Å². The van der Waals surface area contributed by atoms with Crippen LogP contribution >= 0.6 is 0 Å². The first-order valence-corrected chi connectivity index (χ1v) is 7.97. The largest absolute Gasteiger partial charge is 0.439 e. The van der Waals surface area contributed by atoms with E-state index in [0.717, 1.165) is 48.1 Å². The van der Waals surface area contributed by atoms with Gasteiger partial charge in [-0.05, 0) is 26.3 Å². The number of likely N-dealkylation sites (tertiary alicyclic amines) is 1. The molecule has 0 radical (unpaired) electrons. The zero-order chi connectivity index (χ0) is 15.6. The Morgan fingerprint density at radius 3 is 2.91 bits per heavy atom. The first-order chi connectivity index (χ1) is 11.3. The van der Waals surface area contributed by atoms with Crippen LogP contribution in [0.25, 0.3) is 11.3 Å². The van der Waals surface area contributed by atoms with Gasteiger partial charge in [-0.3, -0.25) is 4.90 Å². The number of oxazole rings is 1. The molecule has 0 N–H and O–H groups in total. The molecule has 1 aliphatic heterocycles. The van der Waals surface area contributed by atoms with E-state index < -0.39 is 0 Å². The summed E-state index contributed by atoms with van der Waals surface area (Å²) in [5, 5.41) is 4.01. The number of hydrogen-bond donors (Lipinski definition) is 0. The van der Waals surface area contributed by atoms with Crippen LogP contribution in [0.5, 0.6) is 0 Å². The Labute approximate surface area is 134 Å². The lowest BCUT2D eigenvalue weighted by atomic mass is 10.1. The summed E-state index contributed by atoms with van der Waals surface area (Å²) in [6, 6.07) is 12.3. The molecule has 2 aromatic heterocycles. The Kier molecular flexibility index (Phi) is 3.71. The molecule has 1 aliphatic rings. The van der Waals surface area contributed by atoms with Crippen LogP contribution in [-0.2, 0) is 6.54 Å². The Hall–Kier alpha value is -2.40. The third-order valence-corrected chi connectivity index (χ3v) is 4.29. The molecule has 0 bridgehead atoms. The molecule has 1 fully saturated rings. The fourth-order valence-corrected chi connectivity index (χ4v) is 3.17. The molecule has 0 spiro atoms. The molecule has 118 valence electrons. The molecule has 0 saturated carbocycles. The molecule has 0 amide bonds. The average Bonchev–Trinajstić information content (AvgIpc) is 3.29. The second kappa shape index (κ2) is 6.01. The van der Waals surface area contributed by atoms with E-state index in [4.69, 9.17) is 8.94 Å². The van der Waals surface area contributed by atoms with E-state index in [9.17, 15) is 0 Å². The highest BCUT2D eigenvalue weighted by atomic mass is 16.5. The minimum Gasteiger partial charge on any atom is -0.439 e. The maximum Gasteiger partial charge on any atom is 0.209 e. The molecule has 3 heterocycles. The van der Waals surface area contributed by atoms with Crippen LogP contribution in [-0.4, -0.2) is 21.6 Å². The lowest BCUT2D eigenvalue weighted by molar-refractivity contribution is 0.191. The Morgan fingerprint density at radius 2 is 2.13 bits per heavy atom. The van der Waals surface area contributed by atoms with Gasteiger partial charge < -0.3 is 8.94 Å². The van der Waals surface area contributed by atoms with Gasteiger partial charge in [-0.2, -0.15) is 0 Å². The topological polar surface area (TPSA) is 55.3 Å². The highest BCUT2D eigenvalue weighted by Gasteiger charge is 2.30. The third-order valence-electron chi connectivity index (χ3n) is 4.29. The lowest BCUT2D eigenvalue weighted by Crippen LogP contribution is -2.22. The molecule has 5 nitrogen and oxygen atoms in total. The summed E-state index contributed by atoms with van der Waals surface area (Å²) in [7, 11) is 0. The van der Waals surface area contributed by atoms with Crippen molar-refractivity contribution in [1.82, 2.24) is 15.0 Å². The van der Waals surface area contributed by atoms with Crippen LogP contribution in [0, 0.1) is 6.92 Å². The number of nitrogens with zero attached hydrogens (tertiary/aromatic N) is 3. The minimum absolute atomic E-state index is 0.267. The van der Waals surface area contributed by atoms with E-state index in [1.807, 2.05) is 43.3 Å². The normalized spacial score (nSPS) is 18.6. The first-order valence-electron chi connectivity index (χ1n) is 7.97. The van der Waals surface area contributed by atoms with Crippen molar-refractivity contribution in [3.8, 4) is 11.3 Å². The maximum atomic E-state index is 5.92. The van der Waals surface area contributed by atoms with Crippen molar-refractivity contribution in [1.29, 1.82) is 0 Å². The molecule has 1 aromatic carbocycles. The zero-order valence-corrected chi connectivity index (χ0v) is 13.1. The number of rotatable bonds is 4.